The van der Waals surface area contributed by atoms with Crippen molar-refractivity contribution in [3.63, 3.8) is 0 Å². The topological polar surface area (TPSA) is 150 Å². The minimum Gasteiger partial charge on any atom is -0.456 e. The Labute approximate surface area is 357 Å². The minimum absolute atomic E-state index is 0.00955. The molecule has 3 N–H and O–H groups in total. The van der Waals surface area contributed by atoms with Crippen molar-refractivity contribution in [1.82, 2.24) is 14.6 Å². The van der Waals surface area contributed by atoms with Gasteiger partial charge in [-0.25, -0.2) is 13.1 Å². The van der Waals surface area contributed by atoms with Crippen molar-refractivity contribution in [3.8, 4) is 11.5 Å². The van der Waals surface area contributed by atoms with E-state index in [1.54, 1.807) is 24.3 Å². The summed E-state index contributed by atoms with van der Waals surface area (Å²) in [7, 11) is -4.60. The van der Waals surface area contributed by atoms with Crippen LogP contribution >= 0.6 is 11.6 Å². The molecule has 5 aromatic rings. The second kappa shape index (κ2) is 17.3. The zero-order valence-corrected chi connectivity index (χ0v) is 36.4. The van der Waals surface area contributed by atoms with Crippen LogP contribution in [-0.4, -0.2) is 68.4 Å². The van der Waals surface area contributed by atoms with Crippen molar-refractivity contribution in [2.75, 3.05) is 49.5 Å². The van der Waals surface area contributed by atoms with Crippen molar-refractivity contribution in [2.24, 2.45) is 10.8 Å². The summed E-state index contributed by atoms with van der Waals surface area (Å²) in [5.74, 6) is -0.301. The Kier molecular flexibility index (Phi) is 12.3. The lowest BCUT2D eigenvalue weighted by Crippen LogP contribution is -2.47. The highest BCUT2D eigenvalue weighted by Gasteiger charge is 2.31. The normalized spacial score (nSPS) is 16.2. The molecule has 1 fully saturated rings. The molecular formula is C46H53ClN6O6S. The summed E-state index contributed by atoms with van der Waals surface area (Å²) in [5.41, 5.74) is 5.39. The van der Waals surface area contributed by atoms with E-state index >= 15 is 0 Å². The molecule has 0 atom stereocenters. The molecule has 0 saturated carbocycles. The molecule has 1 amide bonds. The van der Waals surface area contributed by atoms with Gasteiger partial charge in [0.05, 0.1) is 10.5 Å². The van der Waals surface area contributed by atoms with Crippen LogP contribution in [0.1, 0.15) is 76.2 Å². The number of hydrogen-bond acceptors (Lipinski definition) is 9. The molecule has 60 heavy (non-hydrogen) atoms. The van der Waals surface area contributed by atoms with E-state index in [1.807, 2.05) is 57.3 Å². The maximum Gasteiger partial charge on any atom is 0.293 e. The molecule has 0 bridgehead atoms. The number of allylic oxidation sites excluding steroid dienone is 1. The van der Waals surface area contributed by atoms with Gasteiger partial charge in [0.2, 0.25) is 0 Å². The average Bonchev–Trinajstić information content (AvgIpc) is 3.66. The lowest BCUT2D eigenvalue weighted by molar-refractivity contribution is -0.384. The Bertz CT molecular complexity index is 2540. The van der Waals surface area contributed by atoms with Crippen LogP contribution in [0.25, 0.3) is 16.5 Å². The first-order valence-corrected chi connectivity index (χ1v) is 22.2. The Morgan fingerprint density at radius 1 is 0.983 bits per heavy atom. The first-order valence-electron chi connectivity index (χ1n) is 20.4. The molecule has 1 aliphatic carbocycles. The Morgan fingerprint density at radius 3 is 2.45 bits per heavy atom. The zero-order chi connectivity index (χ0) is 42.8. The van der Waals surface area contributed by atoms with Crippen LogP contribution < -0.4 is 19.7 Å². The summed E-state index contributed by atoms with van der Waals surface area (Å²) in [6.45, 7) is 15.0. The number of benzene rings is 4. The molecule has 4 aromatic carbocycles. The third kappa shape index (κ3) is 10.1. The number of aromatic amines is 1. The van der Waals surface area contributed by atoms with Gasteiger partial charge in [0, 0.05) is 79.2 Å². The number of hydrogen-bond donors (Lipinski definition) is 3. The van der Waals surface area contributed by atoms with Crippen molar-refractivity contribution >= 4 is 61.1 Å². The number of nitro groups is 1. The van der Waals surface area contributed by atoms with E-state index in [2.05, 4.69) is 50.8 Å². The van der Waals surface area contributed by atoms with Gasteiger partial charge < -0.3 is 19.9 Å². The highest BCUT2D eigenvalue weighted by Crippen LogP contribution is 2.43. The Hall–Kier alpha value is -5.37. The van der Waals surface area contributed by atoms with Crippen LogP contribution in [0.3, 0.4) is 0 Å². The number of amides is 1. The van der Waals surface area contributed by atoms with E-state index in [1.165, 1.54) is 34.9 Å². The molecular weight excluding hydrogens is 800 g/mol. The minimum atomic E-state index is -4.60. The van der Waals surface area contributed by atoms with Crippen LogP contribution in [0, 0.1) is 20.9 Å². The first-order chi connectivity index (χ1) is 28.4. The number of halogens is 1. The van der Waals surface area contributed by atoms with Crippen molar-refractivity contribution < 1.29 is 22.9 Å². The molecule has 1 saturated heterocycles. The first kappa shape index (κ1) is 42.7. The lowest BCUT2D eigenvalue weighted by atomic mass is 9.72. The van der Waals surface area contributed by atoms with Crippen LogP contribution in [0.15, 0.2) is 102 Å². The van der Waals surface area contributed by atoms with Gasteiger partial charge >= 0.3 is 0 Å². The number of anilines is 2. The fraction of sp³-hybridized carbons (Fsp3) is 0.370. The summed E-state index contributed by atoms with van der Waals surface area (Å²) in [6, 6.07) is 24.5. The summed E-state index contributed by atoms with van der Waals surface area (Å²) in [4.78, 5) is 32.9. The van der Waals surface area contributed by atoms with Gasteiger partial charge in [-0.2, -0.15) is 0 Å². The van der Waals surface area contributed by atoms with Crippen molar-refractivity contribution in [1.29, 1.82) is 0 Å². The number of sulfonamides is 1. The molecule has 2 aliphatic rings. The number of piperazine rings is 1. The van der Waals surface area contributed by atoms with Crippen LogP contribution in [0.4, 0.5) is 17.1 Å². The number of carbonyl (C=O) groups excluding carboxylic acids is 1. The quantitative estimate of drug-likeness (QED) is 0.0777. The monoisotopic (exact) mass is 852 g/mol. The number of nitrogens with one attached hydrogen (secondary N) is 3. The van der Waals surface area contributed by atoms with E-state index in [0.29, 0.717) is 12.2 Å². The summed E-state index contributed by atoms with van der Waals surface area (Å²) in [5, 5.41) is 16.6. The third-order valence-electron chi connectivity index (χ3n) is 11.4. The molecule has 316 valence electrons. The molecule has 0 radical (unpaired) electrons. The smallest absolute Gasteiger partial charge is 0.293 e. The molecule has 12 nitrogen and oxygen atoms in total. The van der Waals surface area contributed by atoms with Gasteiger partial charge in [0.25, 0.3) is 21.6 Å². The maximum atomic E-state index is 14.0. The SMILES string of the molecule is CC(C)(C)CCNc1c([N+](=O)[O-])cccc1S(=O)(=O)NC(=O)c1ccc(N2CCN(CC3=C(c4ccc(Cl)cc4)CC(C)(C)CC3)CC2)cc1Oc1ccc2[nH]ccc2c1. The van der Waals surface area contributed by atoms with Gasteiger partial charge in [0.1, 0.15) is 22.1 Å². The number of nitrogens with zero attached hydrogens (tertiary/aromatic N) is 3. The highest BCUT2D eigenvalue weighted by molar-refractivity contribution is 7.90. The van der Waals surface area contributed by atoms with Crippen LogP contribution in [-0.2, 0) is 10.0 Å². The van der Waals surface area contributed by atoms with E-state index < -0.39 is 31.4 Å². The summed E-state index contributed by atoms with van der Waals surface area (Å²) < 4.78 is 36.4. The predicted molar refractivity (Wildman–Crippen MR) is 240 cm³/mol. The molecule has 14 heteroatoms. The van der Waals surface area contributed by atoms with Gasteiger partial charge in [-0.15, -0.1) is 0 Å². The van der Waals surface area contributed by atoms with E-state index in [9.17, 15) is 23.3 Å². The molecule has 7 rings (SSSR count). The van der Waals surface area contributed by atoms with E-state index in [0.717, 1.165) is 73.6 Å². The standard InChI is InChI=1S/C46H53ClN6O6S/c1-45(2,3)20-22-49-43-40(53(55)56)7-6-8-42(43)60(57,58)50-44(54)37-15-13-35(28-41(37)59-36-14-16-39-32(27-36)18-21-48-39)52-25-23-51(24-26-52)30-33-17-19-46(4,5)29-38(33)31-9-11-34(47)12-10-31/h6-16,18,21,27-28,48-49H,17,19-20,22-26,29-30H2,1-5H3,(H,50,54). The number of aromatic nitrogens is 1. The Balaban J connectivity index is 1.13. The fourth-order valence-corrected chi connectivity index (χ4v) is 9.26. The second-order valence-corrected chi connectivity index (χ2v) is 19.9. The maximum absolute atomic E-state index is 14.0. The van der Waals surface area contributed by atoms with Crippen LogP contribution in [0.2, 0.25) is 5.02 Å². The predicted octanol–water partition coefficient (Wildman–Crippen LogP) is 10.3. The number of nitro benzene ring substituents is 1. The number of ether oxygens (including phenoxy) is 1. The Morgan fingerprint density at radius 2 is 1.73 bits per heavy atom. The number of carbonyl (C=O) groups is 1. The van der Waals surface area contributed by atoms with E-state index in [4.69, 9.17) is 16.3 Å². The second-order valence-electron chi connectivity index (χ2n) is 17.8. The molecule has 0 unspecified atom stereocenters. The average molecular weight is 853 g/mol. The summed E-state index contributed by atoms with van der Waals surface area (Å²) in [6.07, 6.45) is 5.65. The molecule has 0 spiro atoms. The number of fused-ring (bicyclic) bond motifs is 1. The highest BCUT2D eigenvalue weighted by atomic mass is 35.5. The van der Waals surface area contributed by atoms with Crippen molar-refractivity contribution in [3.05, 3.63) is 123 Å². The van der Waals surface area contributed by atoms with Gasteiger partial charge in [-0.3, -0.25) is 19.8 Å². The molecule has 2 heterocycles. The zero-order valence-electron chi connectivity index (χ0n) is 34.8. The van der Waals surface area contributed by atoms with Crippen LogP contribution in [0.5, 0.6) is 11.5 Å². The molecule has 1 aromatic heterocycles. The third-order valence-corrected chi connectivity index (χ3v) is 13.0. The number of para-hydroxylation sites is 1. The van der Waals surface area contributed by atoms with Crippen molar-refractivity contribution in [2.45, 2.75) is 65.2 Å². The largest absolute Gasteiger partial charge is 0.456 e. The number of rotatable bonds is 13. The van der Waals surface area contributed by atoms with Gasteiger partial charge in [-0.05, 0) is 102 Å². The fourth-order valence-electron chi connectivity index (χ4n) is 7.97. The van der Waals surface area contributed by atoms with Gasteiger partial charge in [0.15, 0.2) is 0 Å². The summed E-state index contributed by atoms with van der Waals surface area (Å²) >= 11 is 6.24. The van der Waals surface area contributed by atoms with Gasteiger partial charge in [-0.1, -0.05) is 70.0 Å². The lowest BCUT2D eigenvalue weighted by Gasteiger charge is -2.39. The molecule has 1 aliphatic heterocycles. The van der Waals surface area contributed by atoms with E-state index in [-0.39, 0.29) is 34.4 Å². The number of H-pyrrole nitrogens is 1.